The first kappa shape index (κ1) is 12.4. The number of Topliss-reactive ketones (excluding diaryl/α,β-unsaturated/α-hetero) is 1. The summed E-state index contributed by atoms with van der Waals surface area (Å²) in [6.07, 6.45) is 1.08. The molecule has 0 aliphatic carbocycles. The lowest BCUT2D eigenvalue weighted by Gasteiger charge is -2.03. The first-order valence-electron chi connectivity index (χ1n) is 5.01. The van der Waals surface area contributed by atoms with E-state index in [1.807, 2.05) is 6.92 Å². The second-order valence-corrected chi connectivity index (χ2v) is 3.36. The Balaban J connectivity index is 2.99. The van der Waals surface area contributed by atoms with E-state index in [9.17, 15) is 14.0 Å². The standard InChI is InChI=1S/C12H13FO3/c1-3-4-11(14)8-5-6-9(10(13)7-8)12(15)16-2/h5-7H,3-4H2,1-2H3. The van der Waals surface area contributed by atoms with Crippen molar-refractivity contribution in [1.82, 2.24) is 0 Å². The monoisotopic (exact) mass is 224 g/mol. The van der Waals surface area contributed by atoms with Crippen LogP contribution in [0.5, 0.6) is 0 Å². The number of halogens is 1. The van der Waals surface area contributed by atoms with Crippen LogP contribution in [0, 0.1) is 5.82 Å². The summed E-state index contributed by atoms with van der Waals surface area (Å²) in [6, 6.07) is 3.78. The molecule has 0 heterocycles. The summed E-state index contributed by atoms with van der Waals surface area (Å²) >= 11 is 0. The lowest BCUT2D eigenvalue weighted by Crippen LogP contribution is -2.06. The second kappa shape index (κ2) is 5.39. The van der Waals surface area contributed by atoms with Crippen LogP contribution in [-0.2, 0) is 4.74 Å². The first-order chi connectivity index (χ1) is 7.60. The number of hydrogen-bond donors (Lipinski definition) is 0. The van der Waals surface area contributed by atoms with Crippen LogP contribution >= 0.6 is 0 Å². The SMILES string of the molecule is CCCC(=O)c1ccc(C(=O)OC)c(F)c1. The number of carbonyl (C=O) groups excluding carboxylic acids is 2. The predicted molar refractivity (Wildman–Crippen MR) is 57.0 cm³/mol. The van der Waals surface area contributed by atoms with Crippen LogP contribution in [0.25, 0.3) is 0 Å². The van der Waals surface area contributed by atoms with Gasteiger partial charge in [0.2, 0.25) is 0 Å². The zero-order chi connectivity index (χ0) is 12.1. The van der Waals surface area contributed by atoms with Crippen LogP contribution in [0.4, 0.5) is 4.39 Å². The van der Waals surface area contributed by atoms with Crippen LogP contribution in [0.15, 0.2) is 18.2 Å². The minimum atomic E-state index is -0.744. The van der Waals surface area contributed by atoms with Crippen molar-refractivity contribution >= 4 is 11.8 Å². The highest BCUT2D eigenvalue weighted by molar-refractivity contribution is 5.97. The molecule has 0 radical (unpaired) electrons. The van der Waals surface area contributed by atoms with E-state index in [1.54, 1.807) is 0 Å². The molecule has 16 heavy (non-hydrogen) atoms. The average Bonchev–Trinajstić information content (AvgIpc) is 2.28. The number of ketones is 1. The number of hydrogen-bond acceptors (Lipinski definition) is 3. The smallest absolute Gasteiger partial charge is 0.340 e. The Morgan fingerprint density at radius 1 is 1.38 bits per heavy atom. The molecular formula is C12H13FO3. The van der Waals surface area contributed by atoms with Crippen molar-refractivity contribution < 1.29 is 18.7 Å². The molecule has 0 aliphatic heterocycles. The van der Waals surface area contributed by atoms with Gasteiger partial charge in [-0.1, -0.05) is 13.0 Å². The normalized spacial score (nSPS) is 9.94. The second-order valence-electron chi connectivity index (χ2n) is 3.36. The fourth-order valence-corrected chi connectivity index (χ4v) is 1.34. The van der Waals surface area contributed by atoms with Crippen molar-refractivity contribution in [3.05, 3.63) is 35.1 Å². The van der Waals surface area contributed by atoms with Gasteiger partial charge >= 0.3 is 5.97 Å². The van der Waals surface area contributed by atoms with Crippen LogP contribution in [-0.4, -0.2) is 18.9 Å². The molecule has 0 N–H and O–H groups in total. The van der Waals surface area contributed by atoms with Gasteiger partial charge in [-0.05, 0) is 18.6 Å². The first-order valence-corrected chi connectivity index (χ1v) is 5.01. The van der Waals surface area contributed by atoms with E-state index in [0.29, 0.717) is 12.8 Å². The molecule has 4 heteroatoms. The summed E-state index contributed by atoms with van der Waals surface area (Å²) in [6.45, 7) is 1.87. The largest absolute Gasteiger partial charge is 0.465 e. The third-order valence-corrected chi connectivity index (χ3v) is 2.17. The summed E-state index contributed by atoms with van der Waals surface area (Å²) < 4.78 is 17.8. The van der Waals surface area contributed by atoms with Gasteiger partial charge in [-0.2, -0.15) is 0 Å². The number of ether oxygens (including phenoxy) is 1. The zero-order valence-electron chi connectivity index (χ0n) is 9.25. The average molecular weight is 224 g/mol. The van der Waals surface area contributed by atoms with Crippen LogP contribution < -0.4 is 0 Å². The Morgan fingerprint density at radius 2 is 2.06 bits per heavy atom. The van der Waals surface area contributed by atoms with Crippen LogP contribution in [0.2, 0.25) is 0 Å². The Bertz CT molecular complexity index is 413. The number of rotatable bonds is 4. The van der Waals surface area contributed by atoms with Gasteiger partial charge in [0.05, 0.1) is 12.7 Å². The van der Waals surface area contributed by atoms with Crippen molar-refractivity contribution in [2.24, 2.45) is 0 Å². The maximum Gasteiger partial charge on any atom is 0.340 e. The molecule has 0 fully saturated rings. The van der Waals surface area contributed by atoms with E-state index >= 15 is 0 Å². The lowest BCUT2D eigenvalue weighted by molar-refractivity contribution is 0.0595. The third-order valence-electron chi connectivity index (χ3n) is 2.17. The minimum absolute atomic E-state index is 0.127. The Hall–Kier alpha value is -1.71. The molecule has 0 aliphatic rings. The van der Waals surface area contributed by atoms with Crippen molar-refractivity contribution in [2.45, 2.75) is 19.8 Å². The quantitative estimate of drug-likeness (QED) is 0.583. The van der Waals surface area contributed by atoms with Gasteiger partial charge in [0.1, 0.15) is 5.82 Å². The Morgan fingerprint density at radius 3 is 2.56 bits per heavy atom. The van der Waals surface area contributed by atoms with E-state index in [1.165, 1.54) is 19.2 Å². The molecule has 0 saturated heterocycles. The highest BCUT2D eigenvalue weighted by Crippen LogP contribution is 2.13. The van der Waals surface area contributed by atoms with Gasteiger partial charge in [0.15, 0.2) is 5.78 Å². The number of carbonyl (C=O) groups is 2. The molecule has 0 saturated carbocycles. The molecule has 0 bridgehead atoms. The molecule has 0 aromatic heterocycles. The van der Waals surface area contributed by atoms with Gasteiger partial charge in [-0.3, -0.25) is 4.79 Å². The summed E-state index contributed by atoms with van der Waals surface area (Å²) in [4.78, 5) is 22.6. The molecular weight excluding hydrogens is 211 g/mol. The van der Waals surface area contributed by atoms with Gasteiger partial charge in [0.25, 0.3) is 0 Å². The predicted octanol–water partition coefficient (Wildman–Crippen LogP) is 2.60. The van der Waals surface area contributed by atoms with Gasteiger partial charge in [0, 0.05) is 12.0 Å². The number of methoxy groups -OCH3 is 1. The van der Waals surface area contributed by atoms with Gasteiger partial charge in [-0.15, -0.1) is 0 Å². The summed E-state index contributed by atoms with van der Waals surface area (Å²) in [5.41, 5.74) is 0.127. The molecule has 86 valence electrons. The zero-order valence-corrected chi connectivity index (χ0v) is 9.25. The van der Waals surface area contributed by atoms with Crippen molar-refractivity contribution in [3.8, 4) is 0 Å². The number of benzene rings is 1. The molecule has 1 rings (SSSR count). The molecule has 3 nitrogen and oxygen atoms in total. The molecule has 0 amide bonds. The Labute approximate surface area is 93.2 Å². The molecule has 1 aromatic carbocycles. The highest BCUT2D eigenvalue weighted by Gasteiger charge is 2.14. The van der Waals surface area contributed by atoms with Crippen molar-refractivity contribution in [3.63, 3.8) is 0 Å². The van der Waals surface area contributed by atoms with E-state index < -0.39 is 11.8 Å². The highest BCUT2D eigenvalue weighted by atomic mass is 19.1. The number of esters is 1. The Kier molecular flexibility index (Phi) is 4.17. The van der Waals surface area contributed by atoms with Crippen molar-refractivity contribution in [2.75, 3.05) is 7.11 Å². The van der Waals surface area contributed by atoms with Crippen molar-refractivity contribution in [1.29, 1.82) is 0 Å². The molecule has 0 unspecified atom stereocenters. The minimum Gasteiger partial charge on any atom is -0.465 e. The fourth-order valence-electron chi connectivity index (χ4n) is 1.34. The summed E-state index contributed by atoms with van der Waals surface area (Å²) in [7, 11) is 1.18. The summed E-state index contributed by atoms with van der Waals surface area (Å²) in [5, 5.41) is 0. The third kappa shape index (κ3) is 2.66. The summed E-state index contributed by atoms with van der Waals surface area (Å²) in [5.74, 6) is -1.60. The molecule has 0 spiro atoms. The topological polar surface area (TPSA) is 43.4 Å². The maximum atomic E-state index is 13.4. The van der Waals surface area contributed by atoms with E-state index in [-0.39, 0.29) is 16.9 Å². The maximum absolute atomic E-state index is 13.4. The van der Waals surface area contributed by atoms with Crippen LogP contribution in [0.1, 0.15) is 40.5 Å². The van der Waals surface area contributed by atoms with Gasteiger partial charge in [-0.25, -0.2) is 9.18 Å². The van der Waals surface area contributed by atoms with E-state index in [4.69, 9.17) is 0 Å². The lowest BCUT2D eigenvalue weighted by atomic mass is 10.0. The molecule has 0 atom stereocenters. The fraction of sp³-hybridized carbons (Fsp3) is 0.333. The molecule has 1 aromatic rings. The van der Waals surface area contributed by atoms with E-state index in [0.717, 1.165) is 6.07 Å². The van der Waals surface area contributed by atoms with Crippen LogP contribution in [0.3, 0.4) is 0 Å². The van der Waals surface area contributed by atoms with E-state index in [2.05, 4.69) is 4.74 Å². The van der Waals surface area contributed by atoms with Gasteiger partial charge < -0.3 is 4.74 Å².